The Balaban J connectivity index is 1.95. The molecule has 166 valence electrons. The lowest BCUT2D eigenvalue weighted by Crippen LogP contribution is -2.43. The summed E-state index contributed by atoms with van der Waals surface area (Å²) in [7, 11) is 1.57. The summed E-state index contributed by atoms with van der Waals surface area (Å²) < 4.78 is 7.65. The minimum absolute atomic E-state index is 0.230. The van der Waals surface area contributed by atoms with Gasteiger partial charge >= 0.3 is 11.7 Å². The van der Waals surface area contributed by atoms with Crippen LogP contribution in [0.5, 0.6) is 5.75 Å². The first-order valence-corrected chi connectivity index (χ1v) is 10.7. The maximum Gasteiger partial charge on any atom is 0.332 e. The molecule has 3 aromatic heterocycles. The highest BCUT2D eigenvalue weighted by Crippen LogP contribution is 2.30. The van der Waals surface area contributed by atoms with Crippen molar-refractivity contribution in [2.75, 3.05) is 7.11 Å². The fourth-order valence-electron chi connectivity index (χ4n) is 3.66. The summed E-state index contributed by atoms with van der Waals surface area (Å²) in [5, 5.41) is 18.7. The standard InChI is InChI=1S/C21H21N5O5S/c1-12-16-17(27)25(13(2)20(28)29)21(30)24(11-8-14-6-4-5-7-15(14)31-3)19(16)32-18(12)26-22-9-10-23-26/h4-7,9-10,13H,8,11H2,1-3H3,(H,28,29). The molecule has 0 aliphatic heterocycles. The number of hydrogen-bond acceptors (Lipinski definition) is 7. The number of ether oxygens (including phenoxy) is 1. The Hall–Kier alpha value is -3.73. The van der Waals surface area contributed by atoms with Crippen LogP contribution in [-0.4, -0.2) is 42.3 Å². The smallest absolute Gasteiger partial charge is 0.332 e. The van der Waals surface area contributed by atoms with Crippen LogP contribution in [0.1, 0.15) is 24.1 Å². The van der Waals surface area contributed by atoms with Crippen LogP contribution >= 0.6 is 11.3 Å². The third-order valence-electron chi connectivity index (χ3n) is 5.36. The summed E-state index contributed by atoms with van der Waals surface area (Å²) in [5.41, 5.74) is 0.166. The second kappa shape index (κ2) is 8.42. The summed E-state index contributed by atoms with van der Waals surface area (Å²) in [4.78, 5) is 40.1. The van der Waals surface area contributed by atoms with Crippen molar-refractivity contribution in [1.29, 1.82) is 0 Å². The Morgan fingerprint density at radius 3 is 2.56 bits per heavy atom. The van der Waals surface area contributed by atoms with Crippen molar-refractivity contribution >= 4 is 27.5 Å². The van der Waals surface area contributed by atoms with Gasteiger partial charge in [-0.1, -0.05) is 29.5 Å². The molecule has 0 saturated carbocycles. The molecule has 0 aliphatic carbocycles. The quantitative estimate of drug-likeness (QED) is 0.452. The number of aliphatic carboxylic acids is 1. The van der Waals surface area contributed by atoms with Crippen LogP contribution in [0, 0.1) is 6.92 Å². The van der Waals surface area contributed by atoms with Gasteiger partial charge in [0.05, 0.1) is 24.9 Å². The van der Waals surface area contributed by atoms with Crippen molar-refractivity contribution in [3.63, 3.8) is 0 Å². The van der Waals surface area contributed by atoms with Crippen LogP contribution in [0.25, 0.3) is 15.2 Å². The SMILES string of the molecule is COc1ccccc1CCn1c(=O)n(C(C)C(=O)O)c(=O)c2c(C)c(-n3nccn3)sc21. The topological polar surface area (TPSA) is 121 Å². The summed E-state index contributed by atoms with van der Waals surface area (Å²) >= 11 is 1.22. The molecule has 1 atom stereocenters. The first kappa shape index (κ1) is 21.5. The van der Waals surface area contributed by atoms with Gasteiger partial charge in [-0.3, -0.25) is 9.36 Å². The number of carboxylic acids is 1. The Morgan fingerprint density at radius 1 is 1.22 bits per heavy atom. The highest BCUT2D eigenvalue weighted by molar-refractivity contribution is 7.21. The van der Waals surface area contributed by atoms with Gasteiger partial charge in [-0.05, 0) is 31.9 Å². The second-order valence-electron chi connectivity index (χ2n) is 7.22. The molecule has 1 N–H and O–H groups in total. The van der Waals surface area contributed by atoms with E-state index >= 15 is 0 Å². The molecule has 0 radical (unpaired) electrons. The molecule has 32 heavy (non-hydrogen) atoms. The number of methoxy groups -OCH3 is 1. The van der Waals surface area contributed by atoms with E-state index in [1.54, 1.807) is 14.0 Å². The molecule has 0 fully saturated rings. The maximum absolute atomic E-state index is 13.3. The third-order valence-corrected chi connectivity index (χ3v) is 6.64. The largest absolute Gasteiger partial charge is 0.496 e. The normalized spacial score (nSPS) is 12.2. The van der Waals surface area contributed by atoms with Gasteiger partial charge in [-0.15, -0.1) is 4.80 Å². The van der Waals surface area contributed by atoms with E-state index in [-0.39, 0.29) is 11.9 Å². The van der Waals surface area contributed by atoms with Crippen molar-refractivity contribution in [2.45, 2.75) is 32.9 Å². The fraction of sp³-hybridized carbons (Fsp3) is 0.286. The lowest BCUT2D eigenvalue weighted by atomic mass is 10.1. The number of carbonyl (C=O) groups is 1. The Kier molecular flexibility index (Phi) is 5.66. The number of thiophene rings is 1. The zero-order valence-corrected chi connectivity index (χ0v) is 18.5. The van der Waals surface area contributed by atoms with E-state index in [1.165, 1.54) is 40.0 Å². The van der Waals surface area contributed by atoms with E-state index in [2.05, 4.69) is 10.2 Å². The number of nitrogens with zero attached hydrogens (tertiary/aromatic N) is 5. The molecular formula is C21H21N5O5S. The number of aromatic nitrogens is 5. The Labute approximate surface area is 185 Å². The molecule has 0 amide bonds. The van der Waals surface area contributed by atoms with Crippen LogP contribution in [0.4, 0.5) is 0 Å². The summed E-state index contributed by atoms with van der Waals surface area (Å²) in [5.74, 6) is -0.575. The molecule has 11 heteroatoms. The Morgan fingerprint density at radius 2 is 1.91 bits per heavy atom. The van der Waals surface area contributed by atoms with E-state index < -0.39 is 23.3 Å². The van der Waals surface area contributed by atoms with E-state index in [0.29, 0.717) is 27.6 Å². The number of rotatable bonds is 7. The predicted octanol–water partition coefficient (Wildman–Crippen LogP) is 2.01. The van der Waals surface area contributed by atoms with E-state index in [9.17, 15) is 19.5 Å². The average molecular weight is 455 g/mol. The number of carboxylic acid groups (broad SMARTS) is 1. The van der Waals surface area contributed by atoms with Crippen LogP contribution < -0.4 is 16.0 Å². The van der Waals surface area contributed by atoms with Crippen molar-refractivity contribution in [3.8, 4) is 10.8 Å². The number of hydrogen-bond donors (Lipinski definition) is 1. The van der Waals surface area contributed by atoms with E-state index in [4.69, 9.17) is 4.74 Å². The maximum atomic E-state index is 13.3. The van der Waals surface area contributed by atoms with Crippen molar-refractivity contribution < 1.29 is 14.6 Å². The zero-order chi connectivity index (χ0) is 23.0. The molecular weight excluding hydrogens is 434 g/mol. The number of para-hydroxylation sites is 1. The number of fused-ring (bicyclic) bond motifs is 1. The minimum atomic E-state index is -1.32. The minimum Gasteiger partial charge on any atom is -0.496 e. The molecule has 3 heterocycles. The van der Waals surface area contributed by atoms with Crippen LogP contribution in [0.2, 0.25) is 0 Å². The van der Waals surface area contributed by atoms with Crippen molar-refractivity contribution in [3.05, 3.63) is 68.6 Å². The molecule has 0 aliphatic rings. The number of aryl methyl sites for hydroxylation is 3. The molecule has 0 bridgehead atoms. The summed E-state index contributed by atoms with van der Waals surface area (Å²) in [6.07, 6.45) is 3.48. The molecule has 0 saturated heterocycles. The summed E-state index contributed by atoms with van der Waals surface area (Å²) in [6.45, 7) is 3.29. The zero-order valence-electron chi connectivity index (χ0n) is 17.7. The van der Waals surface area contributed by atoms with Gasteiger partial charge in [0.2, 0.25) is 0 Å². The first-order chi connectivity index (χ1) is 15.3. The van der Waals surface area contributed by atoms with Gasteiger partial charge in [-0.25, -0.2) is 14.2 Å². The highest BCUT2D eigenvalue weighted by Gasteiger charge is 2.26. The molecule has 0 spiro atoms. The molecule has 10 nitrogen and oxygen atoms in total. The fourth-order valence-corrected chi connectivity index (χ4v) is 4.89. The molecule has 1 unspecified atom stereocenters. The average Bonchev–Trinajstić information content (AvgIpc) is 3.42. The van der Waals surface area contributed by atoms with Gasteiger partial charge in [-0.2, -0.15) is 10.2 Å². The first-order valence-electron chi connectivity index (χ1n) is 9.85. The van der Waals surface area contributed by atoms with Crippen LogP contribution in [0.3, 0.4) is 0 Å². The Bertz CT molecular complexity index is 1420. The van der Waals surface area contributed by atoms with Gasteiger partial charge < -0.3 is 9.84 Å². The van der Waals surface area contributed by atoms with Crippen LogP contribution in [0.15, 0.2) is 46.2 Å². The van der Waals surface area contributed by atoms with Crippen LogP contribution in [-0.2, 0) is 17.8 Å². The van der Waals surface area contributed by atoms with Crippen molar-refractivity contribution in [1.82, 2.24) is 24.1 Å². The van der Waals surface area contributed by atoms with Gasteiger partial charge in [0.15, 0.2) is 0 Å². The lowest BCUT2D eigenvalue weighted by Gasteiger charge is -2.15. The van der Waals surface area contributed by atoms with E-state index in [0.717, 1.165) is 10.1 Å². The van der Waals surface area contributed by atoms with Crippen molar-refractivity contribution in [2.24, 2.45) is 0 Å². The third kappa shape index (κ3) is 3.50. The molecule has 4 rings (SSSR count). The predicted molar refractivity (Wildman–Crippen MR) is 119 cm³/mol. The highest BCUT2D eigenvalue weighted by atomic mass is 32.1. The monoisotopic (exact) mass is 455 g/mol. The lowest BCUT2D eigenvalue weighted by molar-refractivity contribution is -0.140. The number of benzene rings is 1. The molecule has 4 aromatic rings. The van der Waals surface area contributed by atoms with Gasteiger partial charge in [0.25, 0.3) is 5.56 Å². The van der Waals surface area contributed by atoms with E-state index in [1.807, 2.05) is 24.3 Å². The second-order valence-corrected chi connectivity index (χ2v) is 8.19. The summed E-state index contributed by atoms with van der Waals surface area (Å²) in [6, 6.07) is 6.14. The van der Waals surface area contributed by atoms with Gasteiger partial charge in [0.1, 0.15) is 21.6 Å². The molecule has 1 aromatic carbocycles. The van der Waals surface area contributed by atoms with Gasteiger partial charge in [0, 0.05) is 12.1 Å².